The van der Waals surface area contributed by atoms with Crippen molar-refractivity contribution < 1.29 is 14.7 Å². The van der Waals surface area contributed by atoms with Gasteiger partial charge in [-0.05, 0) is 5.41 Å². The number of nitrogens with one attached hydrogen (secondary N) is 1. The zero-order valence-corrected chi connectivity index (χ0v) is 12.4. The van der Waals surface area contributed by atoms with Crippen molar-refractivity contribution in [3.8, 4) is 0 Å². The van der Waals surface area contributed by atoms with E-state index in [1.807, 2.05) is 0 Å². The van der Waals surface area contributed by atoms with Crippen LogP contribution in [0.4, 0.5) is 0 Å². The van der Waals surface area contributed by atoms with Crippen LogP contribution in [-0.4, -0.2) is 32.2 Å². The average Bonchev–Trinajstić information content (AvgIpc) is 2.35. The van der Waals surface area contributed by atoms with Crippen molar-refractivity contribution in [2.45, 2.75) is 33.4 Å². The minimum absolute atomic E-state index is 0.354. The Morgan fingerprint density at radius 3 is 2.38 bits per heavy atom. The summed E-state index contributed by atoms with van der Waals surface area (Å²) in [7, 11) is 1.30. The largest absolute Gasteiger partial charge is 0.480 e. The third-order valence-corrected chi connectivity index (χ3v) is 2.99. The first-order chi connectivity index (χ1) is 9.54. The van der Waals surface area contributed by atoms with Gasteiger partial charge in [-0.15, -0.1) is 0 Å². The van der Waals surface area contributed by atoms with Gasteiger partial charge in [0, 0.05) is 19.3 Å². The second-order valence-electron chi connectivity index (χ2n) is 5.83. The molecule has 0 radical (unpaired) electrons. The monoisotopic (exact) mass is 297 g/mol. The summed E-state index contributed by atoms with van der Waals surface area (Å²) in [5.41, 5.74) is -1.79. The molecule has 1 heterocycles. The summed E-state index contributed by atoms with van der Waals surface area (Å²) in [4.78, 5) is 46.1. The van der Waals surface area contributed by atoms with E-state index < -0.39 is 34.6 Å². The number of nitrogens with zero attached hydrogens (tertiary/aromatic N) is 2. The van der Waals surface area contributed by atoms with Gasteiger partial charge in [-0.2, -0.15) is 0 Å². The normalized spacial score (nSPS) is 12.8. The lowest BCUT2D eigenvalue weighted by Gasteiger charge is -2.27. The Hall–Kier alpha value is -2.38. The number of carboxylic acid groups (broad SMARTS) is 1. The number of hydrogen-bond donors (Lipinski definition) is 2. The minimum Gasteiger partial charge on any atom is -0.480 e. The van der Waals surface area contributed by atoms with Gasteiger partial charge >= 0.3 is 11.7 Å². The Labute approximate surface area is 121 Å². The molecule has 1 aromatic heterocycles. The molecule has 1 amide bonds. The van der Waals surface area contributed by atoms with Crippen LogP contribution in [0.2, 0.25) is 0 Å². The molecule has 2 N–H and O–H groups in total. The van der Waals surface area contributed by atoms with Gasteiger partial charge in [0.1, 0.15) is 12.6 Å². The maximum atomic E-state index is 11.9. The molecule has 8 heteroatoms. The Morgan fingerprint density at radius 2 is 1.90 bits per heavy atom. The molecule has 0 aliphatic carbocycles. The summed E-state index contributed by atoms with van der Waals surface area (Å²) in [6.07, 6.45) is 1.21. The molecule has 8 nitrogen and oxygen atoms in total. The zero-order valence-electron chi connectivity index (χ0n) is 12.4. The quantitative estimate of drug-likeness (QED) is 0.753. The Morgan fingerprint density at radius 1 is 1.33 bits per heavy atom. The first-order valence-corrected chi connectivity index (χ1v) is 6.32. The van der Waals surface area contributed by atoms with Crippen LogP contribution in [0.3, 0.4) is 0 Å². The van der Waals surface area contributed by atoms with Crippen molar-refractivity contribution >= 4 is 11.9 Å². The number of rotatable bonds is 4. The van der Waals surface area contributed by atoms with Crippen molar-refractivity contribution in [2.24, 2.45) is 12.5 Å². The number of carboxylic acids is 1. The first kappa shape index (κ1) is 16.7. The van der Waals surface area contributed by atoms with Gasteiger partial charge in [-0.25, -0.2) is 9.59 Å². The van der Waals surface area contributed by atoms with E-state index in [1.54, 1.807) is 20.8 Å². The van der Waals surface area contributed by atoms with Crippen LogP contribution in [0.1, 0.15) is 20.8 Å². The van der Waals surface area contributed by atoms with Crippen molar-refractivity contribution in [1.82, 2.24) is 14.5 Å². The predicted octanol–water partition coefficient (Wildman–Crippen LogP) is -0.837. The van der Waals surface area contributed by atoms with Gasteiger partial charge in [0.2, 0.25) is 5.91 Å². The van der Waals surface area contributed by atoms with E-state index in [1.165, 1.54) is 13.2 Å². The van der Waals surface area contributed by atoms with E-state index in [-0.39, 0.29) is 6.54 Å². The van der Waals surface area contributed by atoms with Gasteiger partial charge in [-0.1, -0.05) is 20.8 Å². The van der Waals surface area contributed by atoms with E-state index in [9.17, 15) is 19.2 Å². The maximum Gasteiger partial charge on any atom is 0.331 e. The summed E-state index contributed by atoms with van der Waals surface area (Å²) in [6, 6.07) is 0.0841. The van der Waals surface area contributed by atoms with Crippen LogP contribution >= 0.6 is 0 Å². The highest BCUT2D eigenvalue weighted by molar-refractivity contribution is 5.83. The van der Waals surface area contributed by atoms with Crippen molar-refractivity contribution in [1.29, 1.82) is 0 Å². The third kappa shape index (κ3) is 4.04. The van der Waals surface area contributed by atoms with Crippen LogP contribution in [0.5, 0.6) is 0 Å². The highest BCUT2D eigenvalue weighted by Crippen LogP contribution is 2.19. The summed E-state index contributed by atoms with van der Waals surface area (Å²) in [6.45, 7) is 4.70. The van der Waals surface area contributed by atoms with Crippen LogP contribution < -0.4 is 16.6 Å². The van der Waals surface area contributed by atoms with Gasteiger partial charge in [-0.3, -0.25) is 18.7 Å². The molecule has 0 spiro atoms. The van der Waals surface area contributed by atoms with Crippen molar-refractivity contribution in [3.05, 3.63) is 33.1 Å². The lowest BCUT2D eigenvalue weighted by molar-refractivity contribution is -0.145. The van der Waals surface area contributed by atoms with E-state index in [4.69, 9.17) is 5.11 Å². The molecule has 0 fully saturated rings. The fraction of sp³-hybridized carbons (Fsp3) is 0.538. The molecule has 0 saturated heterocycles. The predicted molar refractivity (Wildman–Crippen MR) is 75.0 cm³/mol. The summed E-state index contributed by atoms with van der Waals surface area (Å²) < 4.78 is 1.91. The third-order valence-electron chi connectivity index (χ3n) is 2.99. The summed E-state index contributed by atoms with van der Waals surface area (Å²) in [5, 5.41) is 11.5. The summed E-state index contributed by atoms with van der Waals surface area (Å²) in [5.74, 6) is -1.76. The van der Waals surface area contributed by atoms with Crippen LogP contribution in [-0.2, 0) is 23.2 Å². The Bertz CT molecular complexity index is 666. The average molecular weight is 297 g/mol. The Kier molecular flexibility index (Phi) is 4.72. The van der Waals surface area contributed by atoms with Crippen LogP contribution in [0, 0.1) is 5.41 Å². The number of aromatic nitrogens is 2. The smallest absolute Gasteiger partial charge is 0.331 e. The summed E-state index contributed by atoms with van der Waals surface area (Å²) >= 11 is 0. The molecule has 1 aromatic rings. The van der Waals surface area contributed by atoms with E-state index in [0.717, 1.165) is 15.2 Å². The first-order valence-electron chi connectivity index (χ1n) is 6.32. The van der Waals surface area contributed by atoms with Crippen molar-refractivity contribution in [2.75, 3.05) is 0 Å². The minimum atomic E-state index is -1.15. The van der Waals surface area contributed by atoms with E-state index in [0.29, 0.717) is 0 Å². The molecule has 0 bridgehead atoms. The highest BCUT2D eigenvalue weighted by atomic mass is 16.4. The fourth-order valence-corrected chi connectivity index (χ4v) is 1.75. The Balaban J connectivity index is 2.93. The molecule has 21 heavy (non-hydrogen) atoms. The molecule has 116 valence electrons. The zero-order chi connectivity index (χ0) is 16.4. The number of aliphatic carboxylic acids is 1. The highest BCUT2D eigenvalue weighted by Gasteiger charge is 2.32. The lowest BCUT2D eigenvalue weighted by Crippen LogP contribution is -2.50. The molecular weight excluding hydrogens is 278 g/mol. The van der Waals surface area contributed by atoms with E-state index >= 15 is 0 Å². The lowest BCUT2D eigenvalue weighted by atomic mass is 9.87. The number of carbonyl (C=O) groups is 2. The number of hydrogen-bond acceptors (Lipinski definition) is 4. The molecule has 1 atom stereocenters. The molecule has 1 rings (SSSR count). The standard InChI is InChI=1S/C13H19N3O5/c1-13(2,3)10(11(19)20)14-8(17)7-16-6-5-9(18)15(4)12(16)21/h5-6,10H,7H2,1-4H3,(H,14,17)(H,19,20)/t10-/m1/s1. The number of amides is 1. The molecule has 0 aliphatic rings. The second-order valence-corrected chi connectivity index (χ2v) is 5.83. The van der Waals surface area contributed by atoms with E-state index in [2.05, 4.69) is 5.32 Å². The topological polar surface area (TPSA) is 110 Å². The van der Waals surface area contributed by atoms with Gasteiger partial charge < -0.3 is 10.4 Å². The molecule has 0 aliphatic heterocycles. The second kappa shape index (κ2) is 5.94. The molecular formula is C13H19N3O5. The van der Waals surface area contributed by atoms with Crippen molar-refractivity contribution in [3.63, 3.8) is 0 Å². The SMILES string of the molecule is Cn1c(=O)ccn(CC(=O)N[C@H](C(=O)O)C(C)(C)C)c1=O. The molecule has 0 unspecified atom stereocenters. The molecule has 0 aromatic carbocycles. The van der Waals surface area contributed by atoms with Crippen LogP contribution in [0.15, 0.2) is 21.9 Å². The maximum absolute atomic E-state index is 11.9. The van der Waals surface area contributed by atoms with Crippen LogP contribution in [0.25, 0.3) is 0 Å². The van der Waals surface area contributed by atoms with Gasteiger partial charge in [0.15, 0.2) is 0 Å². The number of carbonyl (C=O) groups excluding carboxylic acids is 1. The van der Waals surface area contributed by atoms with Gasteiger partial charge in [0.25, 0.3) is 5.56 Å². The fourth-order valence-electron chi connectivity index (χ4n) is 1.75. The molecule has 0 saturated carbocycles. The van der Waals surface area contributed by atoms with Gasteiger partial charge in [0.05, 0.1) is 0 Å².